The normalized spacial score (nSPS) is 15.0. The Labute approximate surface area is 74.2 Å². The molecule has 0 saturated heterocycles. The van der Waals surface area contributed by atoms with Gasteiger partial charge in [0.2, 0.25) is 0 Å². The lowest BCUT2D eigenvalue weighted by molar-refractivity contribution is -0.143. The molecule has 0 aliphatic carbocycles. The number of hydrogen-bond acceptors (Lipinski definition) is 2. The Morgan fingerprint density at radius 3 is 2.25 bits per heavy atom. The van der Waals surface area contributed by atoms with Crippen molar-refractivity contribution in [3.8, 4) is 0 Å². The molecule has 3 nitrogen and oxygen atoms in total. The van der Waals surface area contributed by atoms with E-state index < -0.39 is 20.4 Å². The van der Waals surface area contributed by atoms with Gasteiger partial charge in [-0.1, -0.05) is 12.2 Å². The van der Waals surface area contributed by atoms with Crippen molar-refractivity contribution in [1.29, 1.82) is 0 Å². The molecule has 1 N–H and O–H groups in total. The summed E-state index contributed by atoms with van der Waals surface area (Å²) in [5, 5.41) is 8.71. The molecular formula is C8H16O3Si. The molecule has 0 fully saturated rings. The summed E-state index contributed by atoms with van der Waals surface area (Å²) in [6, 6.07) is 0. The number of carbonyl (C=O) groups is 1. The van der Waals surface area contributed by atoms with Crippen LogP contribution in [0.25, 0.3) is 0 Å². The molecule has 0 bridgehead atoms. The fourth-order valence-corrected chi connectivity index (χ4v) is 1.67. The SMILES string of the molecule is CC=CC(O[Si](C)(C)C)C(=O)O. The van der Waals surface area contributed by atoms with Gasteiger partial charge in [0.1, 0.15) is 0 Å². The first-order valence-corrected chi connectivity index (χ1v) is 7.31. The molecule has 70 valence electrons. The summed E-state index contributed by atoms with van der Waals surface area (Å²) in [6.45, 7) is 7.68. The Hall–Kier alpha value is -0.613. The van der Waals surface area contributed by atoms with E-state index in [1.54, 1.807) is 19.1 Å². The fraction of sp³-hybridized carbons (Fsp3) is 0.625. The lowest BCUT2D eigenvalue weighted by Gasteiger charge is -2.20. The molecule has 12 heavy (non-hydrogen) atoms. The predicted molar refractivity (Wildman–Crippen MR) is 50.7 cm³/mol. The zero-order valence-corrected chi connectivity index (χ0v) is 9.00. The monoisotopic (exact) mass is 188 g/mol. The average molecular weight is 188 g/mol. The fourth-order valence-electron chi connectivity index (χ4n) is 0.728. The third-order valence-electron chi connectivity index (χ3n) is 1.09. The van der Waals surface area contributed by atoms with Crippen LogP contribution in [0.3, 0.4) is 0 Å². The highest BCUT2D eigenvalue weighted by Crippen LogP contribution is 2.08. The van der Waals surface area contributed by atoms with E-state index in [1.165, 1.54) is 0 Å². The van der Waals surface area contributed by atoms with Crippen molar-refractivity contribution in [2.45, 2.75) is 32.7 Å². The van der Waals surface area contributed by atoms with E-state index in [9.17, 15) is 4.79 Å². The molecule has 4 heteroatoms. The number of rotatable bonds is 4. The lowest BCUT2D eigenvalue weighted by atomic mass is 10.3. The summed E-state index contributed by atoms with van der Waals surface area (Å²) < 4.78 is 5.39. The maximum absolute atomic E-state index is 10.6. The van der Waals surface area contributed by atoms with Gasteiger partial charge < -0.3 is 9.53 Å². The summed E-state index contributed by atoms with van der Waals surface area (Å²) in [5.74, 6) is -0.921. The molecule has 0 aliphatic heterocycles. The van der Waals surface area contributed by atoms with Crippen molar-refractivity contribution in [3.63, 3.8) is 0 Å². The number of carboxylic acids is 1. The predicted octanol–water partition coefficient (Wildman–Crippen LogP) is 1.87. The van der Waals surface area contributed by atoms with E-state index in [2.05, 4.69) is 0 Å². The van der Waals surface area contributed by atoms with E-state index >= 15 is 0 Å². The van der Waals surface area contributed by atoms with Gasteiger partial charge in [-0.2, -0.15) is 0 Å². The molecular weight excluding hydrogens is 172 g/mol. The van der Waals surface area contributed by atoms with Crippen molar-refractivity contribution < 1.29 is 14.3 Å². The van der Waals surface area contributed by atoms with E-state index in [0.717, 1.165) is 0 Å². The molecule has 0 aromatic heterocycles. The molecule has 0 aliphatic rings. The van der Waals surface area contributed by atoms with Gasteiger partial charge in [-0.05, 0) is 26.6 Å². The topological polar surface area (TPSA) is 46.5 Å². The molecule has 0 aromatic carbocycles. The molecule has 0 spiro atoms. The van der Waals surface area contributed by atoms with Gasteiger partial charge in [-0.15, -0.1) is 0 Å². The Kier molecular flexibility index (Phi) is 4.20. The van der Waals surface area contributed by atoms with Crippen LogP contribution in [0.5, 0.6) is 0 Å². The number of carboxylic acid groups (broad SMARTS) is 1. The van der Waals surface area contributed by atoms with Crippen LogP contribution in [-0.4, -0.2) is 25.5 Å². The standard InChI is InChI=1S/C8H16O3Si/c1-5-6-7(8(9)10)11-12(2,3)4/h5-7H,1-4H3,(H,9,10). The summed E-state index contributed by atoms with van der Waals surface area (Å²) >= 11 is 0. The van der Waals surface area contributed by atoms with Crippen LogP contribution in [0, 0.1) is 0 Å². The molecule has 0 aromatic rings. The van der Waals surface area contributed by atoms with Crippen LogP contribution in [-0.2, 0) is 9.22 Å². The van der Waals surface area contributed by atoms with Gasteiger partial charge >= 0.3 is 5.97 Å². The average Bonchev–Trinajstić information content (AvgIpc) is 1.83. The Balaban J connectivity index is 4.24. The van der Waals surface area contributed by atoms with Gasteiger partial charge in [0.15, 0.2) is 14.4 Å². The number of aliphatic carboxylic acids is 1. The lowest BCUT2D eigenvalue weighted by Crippen LogP contribution is -2.35. The van der Waals surface area contributed by atoms with E-state index in [4.69, 9.17) is 9.53 Å². The molecule has 0 rings (SSSR count). The Bertz CT molecular complexity index is 181. The summed E-state index contributed by atoms with van der Waals surface area (Å²) in [6.07, 6.45) is 2.47. The minimum absolute atomic E-state index is 0.776. The molecule has 0 saturated carbocycles. The second-order valence-corrected chi connectivity index (χ2v) is 7.98. The first-order chi connectivity index (χ1) is 5.37. The van der Waals surface area contributed by atoms with Crippen molar-refractivity contribution in [2.24, 2.45) is 0 Å². The highest BCUT2D eigenvalue weighted by molar-refractivity contribution is 6.69. The van der Waals surface area contributed by atoms with Crippen LogP contribution in [0.1, 0.15) is 6.92 Å². The maximum Gasteiger partial charge on any atom is 0.335 e. The smallest absolute Gasteiger partial charge is 0.335 e. The molecule has 0 radical (unpaired) electrons. The molecule has 1 unspecified atom stereocenters. The van der Waals surface area contributed by atoms with Crippen molar-refractivity contribution >= 4 is 14.3 Å². The Morgan fingerprint density at radius 2 is 2.00 bits per heavy atom. The van der Waals surface area contributed by atoms with Gasteiger partial charge in [0, 0.05) is 0 Å². The molecule has 0 heterocycles. The summed E-state index contributed by atoms with van der Waals surface area (Å²) in [7, 11) is -1.75. The summed E-state index contributed by atoms with van der Waals surface area (Å²) in [4.78, 5) is 10.6. The minimum Gasteiger partial charge on any atom is -0.479 e. The van der Waals surface area contributed by atoms with Gasteiger partial charge in [-0.25, -0.2) is 4.79 Å². The zero-order valence-electron chi connectivity index (χ0n) is 8.00. The van der Waals surface area contributed by atoms with E-state index in [-0.39, 0.29) is 0 Å². The number of allylic oxidation sites excluding steroid dienone is 1. The van der Waals surface area contributed by atoms with Crippen LogP contribution in [0.2, 0.25) is 19.6 Å². The quantitative estimate of drug-likeness (QED) is 0.541. The third-order valence-corrected chi connectivity index (χ3v) is 2.05. The zero-order chi connectivity index (χ0) is 9.78. The highest BCUT2D eigenvalue weighted by Gasteiger charge is 2.23. The van der Waals surface area contributed by atoms with Crippen LogP contribution in [0.4, 0.5) is 0 Å². The number of hydrogen-bond donors (Lipinski definition) is 1. The minimum atomic E-state index is -1.75. The second-order valence-electron chi connectivity index (χ2n) is 3.51. The van der Waals surface area contributed by atoms with Crippen molar-refractivity contribution in [3.05, 3.63) is 12.2 Å². The van der Waals surface area contributed by atoms with Gasteiger partial charge in [0.25, 0.3) is 0 Å². The first-order valence-electron chi connectivity index (χ1n) is 3.90. The largest absolute Gasteiger partial charge is 0.479 e. The second kappa shape index (κ2) is 4.42. The summed E-state index contributed by atoms with van der Waals surface area (Å²) in [5.41, 5.74) is 0. The molecule has 1 atom stereocenters. The third kappa shape index (κ3) is 5.09. The van der Waals surface area contributed by atoms with Crippen LogP contribution >= 0.6 is 0 Å². The maximum atomic E-state index is 10.6. The highest BCUT2D eigenvalue weighted by atomic mass is 28.4. The van der Waals surface area contributed by atoms with E-state index in [0.29, 0.717) is 0 Å². The van der Waals surface area contributed by atoms with Gasteiger partial charge in [0.05, 0.1) is 0 Å². The molecule has 0 amide bonds. The Morgan fingerprint density at radius 1 is 1.50 bits per heavy atom. The van der Waals surface area contributed by atoms with E-state index in [1.807, 2.05) is 19.6 Å². The van der Waals surface area contributed by atoms with Crippen LogP contribution < -0.4 is 0 Å². The first kappa shape index (κ1) is 11.4. The van der Waals surface area contributed by atoms with Crippen molar-refractivity contribution in [1.82, 2.24) is 0 Å². The van der Waals surface area contributed by atoms with Crippen LogP contribution in [0.15, 0.2) is 12.2 Å². The van der Waals surface area contributed by atoms with Gasteiger partial charge in [-0.3, -0.25) is 0 Å². The van der Waals surface area contributed by atoms with Crippen molar-refractivity contribution in [2.75, 3.05) is 0 Å².